The number of nitriles is 1. The summed E-state index contributed by atoms with van der Waals surface area (Å²) >= 11 is 1.16. The van der Waals surface area contributed by atoms with Gasteiger partial charge in [-0.25, -0.2) is 9.59 Å². The molecule has 0 radical (unpaired) electrons. The van der Waals surface area contributed by atoms with Crippen LogP contribution in [0.4, 0.5) is 4.79 Å². The van der Waals surface area contributed by atoms with Crippen molar-refractivity contribution in [1.82, 2.24) is 0 Å². The minimum Gasteiger partial charge on any atom is -0.477 e. The number of aromatic carboxylic acids is 1. The number of aryl methyl sites for hydroxylation is 1. The number of carboxylic acid groups (broad SMARTS) is 1. The van der Waals surface area contributed by atoms with Crippen molar-refractivity contribution in [2.24, 2.45) is 5.73 Å². The second kappa shape index (κ2) is 8.59. The predicted octanol–water partition coefficient (Wildman–Crippen LogP) is 4.81. The number of rotatable bonds is 6. The molecular formula is C22H18N2O4S. The summed E-state index contributed by atoms with van der Waals surface area (Å²) < 4.78 is 4.77. The fourth-order valence-corrected chi connectivity index (χ4v) is 4.10. The highest BCUT2D eigenvalue weighted by Crippen LogP contribution is 2.37. The van der Waals surface area contributed by atoms with Gasteiger partial charge in [0.15, 0.2) is 0 Å². The zero-order valence-electron chi connectivity index (χ0n) is 15.6. The van der Waals surface area contributed by atoms with E-state index >= 15 is 0 Å². The first-order valence-electron chi connectivity index (χ1n) is 8.85. The van der Waals surface area contributed by atoms with Crippen LogP contribution in [0.15, 0.2) is 48.5 Å². The molecule has 0 atom stereocenters. The summed E-state index contributed by atoms with van der Waals surface area (Å²) in [7, 11) is 0. The van der Waals surface area contributed by atoms with E-state index in [9.17, 15) is 20.0 Å². The van der Waals surface area contributed by atoms with Gasteiger partial charge in [0, 0.05) is 10.4 Å². The van der Waals surface area contributed by atoms with Crippen LogP contribution < -0.4 is 5.73 Å². The Hall–Kier alpha value is -3.63. The molecule has 146 valence electrons. The zero-order valence-corrected chi connectivity index (χ0v) is 16.5. The number of hydrogen-bond acceptors (Lipinski definition) is 5. The van der Waals surface area contributed by atoms with Gasteiger partial charge in [-0.2, -0.15) is 5.26 Å². The van der Waals surface area contributed by atoms with E-state index in [0.29, 0.717) is 23.1 Å². The molecule has 1 heterocycles. The number of amides is 1. The number of carboxylic acids is 1. The second-order valence-corrected chi connectivity index (χ2v) is 7.36. The molecule has 0 saturated carbocycles. The Morgan fingerprint density at radius 1 is 1.07 bits per heavy atom. The molecule has 0 bridgehead atoms. The van der Waals surface area contributed by atoms with Crippen molar-refractivity contribution in [2.45, 2.75) is 20.0 Å². The molecule has 1 aromatic heterocycles. The fraction of sp³-hybridized carbons (Fsp3) is 0.136. The van der Waals surface area contributed by atoms with Gasteiger partial charge >= 0.3 is 12.1 Å². The minimum absolute atomic E-state index is 0.112. The van der Waals surface area contributed by atoms with Crippen molar-refractivity contribution in [3.05, 3.63) is 69.4 Å². The smallest absolute Gasteiger partial charge is 0.404 e. The number of benzene rings is 2. The van der Waals surface area contributed by atoms with Gasteiger partial charge < -0.3 is 15.6 Å². The molecular weight excluding hydrogens is 388 g/mol. The summed E-state index contributed by atoms with van der Waals surface area (Å²) in [4.78, 5) is 23.3. The molecule has 0 spiro atoms. The third-order valence-electron chi connectivity index (χ3n) is 4.45. The highest BCUT2D eigenvalue weighted by atomic mass is 32.1. The molecule has 0 saturated heterocycles. The molecule has 0 aliphatic rings. The van der Waals surface area contributed by atoms with Gasteiger partial charge in [0.1, 0.15) is 17.6 Å². The Labute approximate surface area is 171 Å². The van der Waals surface area contributed by atoms with Gasteiger partial charge in [0.05, 0.1) is 5.56 Å². The van der Waals surface area contributed by atoms with E-state index in [1.165, 1.54) is 0 Å². The number of thiophene rings is 1. The number of nitrogens with two attached hydrogens (primary N) is 1. The summed E-state index contributed by atoms with van der Waals surface area (Å²) in [6.45, 7) is 2.02. The van der Waals surface area contributed by atoms with Crippen LogP contribution in [0, 0.1) is 11.3 Å². The van der Waals surface area contributed by atoms with Crippen LogP contribution in [-0.4, -0.2) is 17.2 Å². The number of ether oxygens (including phenoxy) is 1. The largest absolute Gasteiger partial charge is 0.477 e. The molecule has 3 N–H and O–H groups in total. The molecule has 1 amide bonds. The summed E-state index contributed by atoms with van der Waals surface area (Å²) in [6.07, 6.45) is -0.209. The van der Waals surface area contributed by atoms with Gasteiger partial charge in [-0.1, -0.05) is 55.5 Å². The summed E-state index contributed by atoms with van der Waals surface area (Å²) in [5.41, 5.74) is 9.29. The minimum atomic E-state index is -1.03. The SMILES string of the molecule is CCc1sc(C(=O)O)c(-c2ccc(-c3ccc(COC(N)=O)cc3)cc2)c1C#N. The quantitative estimate of drug-likeness (QED) is 0.610. The van der Waals surface area contributed by atoms with Gasteiger partial charge in [-0.15, -0.1) is 11.3 Å². The Kier molecular flexibility index (Phi) is 5.96. The molecule has 29 heavy (non-hydrogen) atoms. The summed E-state index contributed by atoms with van der Waals surface area (Å²) in [6, 6.07) is 17.1. The van der Waals surface area contributed by atoms with Crippen LogP contribution in [0.2, 0.25) is 0 Å². The zero-order chi connectivity index (χ0) is 21.0. The van der Waals surface area contributed by atoms with Crippen molar-refractivity contribution >= 4 is 23.4 Å². The van der Waals surface area contributed by atoms with Crippen LogP contribution in [-0.2, 0) is 17.8 Å². The van der Waals surface area contributed by atoms with E-state index in [0.717, 1.165) is 32.9 Å². The summed E-state index contributed by atoms with van der Waals surface area (Å²) in [5, 5.41) is 19.1. The molecule has 3 aromatic rings. The second-order valence-electron chi connectivity index (χ2n) is 6.26. The maximum atomic E-state index is 11.7. The molecule has 0 aliphatic heterocycles. The Morgan fingerprint density at radius 3 is 2.10 bits per heavy atom. The molecule has 6 nitrogen and oxygen atoms in total. The van der Waals surface area contributed by atoms with Crippen LogP contribution in [0.25, 0.3) is 22.3 Å². The van der Waals surface area contributed by atoms with Crippen LogP contribution in [0.3, 0.4) is 0 Å². The van der Waals surface area contributed by atoms with Crippen molar-refractivity contribution in [2.75, 3.05) is 0 Å². The molecule has 0 unspecified atom stereocenters. The van der Waals surface area contributed by atoms with E-state index in [1.807, 2.05) is 55.5 Å². The van der Waals surface area contributed by atoms with Crippen molar-refractivity contribution < 1.29 is 19.4 Å². The molecule has 3 rings (SSSR count). The monoisotopic (exact) mass is 406 g/mol. The van der Waals surface area contributed by atoms with E-state index in [-0.39, 0.29) is 11.5 Å². The highest BCUT2D eigenvalue weighted by Gasteiger charge is 2.23. The van der Waals surface area contributed by atoms with Gasteiger partial charge in [-0.3, -0.25) is 0 Å². The number of nitrogens with zero attached hydrogens (tertiary/aromatic N) is 1. The molecule has 2 aromatic carbocycles. The average Bonchev–Trinajstić information content (AvgIpc) is 3.12. The van der Waals surface area contributed by atoms with Crippen molar-refractivity contribution in [1.29, 1.82) is 5.26 Å². The normalized spacial score (nSPS) is 10.3. The van der Waals surface area contributed by atoms with Gasteiger partial charge in [0.2, 0.25) is 0 Å². The van der Waals surface area contributed by atoms with Crippen molar-refractivity contribution in [3.8, 4) is 28.3 Å². The first-order valence-corrected chi connectivity index (χ1v) is 9.67. The lowest BCUT2D eigenvalue weighted by Crippen LogP contribution is -2.12. The first-order chi connectivity index (χ1) is 13.9. The van der Waals surface area contributed by atoms with E-state index < -0.39 is 12.1 Å². The number of primary amides is 1. The average molecular weight is 406 g/mol. The Morgan fingerprint density at radius 2 is 1.62 bits per heavy atom. The molecule has 7 heteroatoms. The Bertz CT molecular complexity index is 1090. The van der Waals surface area contributed by atoms with E-state index in [1.54, 1.807) is 0 Å². The maximum absolute atomic E-state index is 11.7. The predicted molar refractivity (Wildman–Crippen MR) is 111 cm³/mol. The third kappa shape index (κ3) is 4.28. The lowest BCUT2D eigenvalue weighted by atomic mass is 9.97. The number of carbonyl (C=O) groups is 2. The van der Waals surface area contributed by atoms with E-state index in [4.69, 9.17) is 10.5 Å². The standard InChI is InChI=1S/C22H18N2O4S/c1-2-18-17(11-23)19(20(29-18)21(25)26)16-9-7-15(8-10-16)14-5-3-13(4-6-14)12-28-22(24)27/h3-10H,2,12H2,1H3,(H2,24,27)(H,25,26). The fourth-order valence-electron chi connectivity index (χ4n) is 3.05. The number of carbonyl (C=O) groups excluding carboxylic acids is 1. The maximum Gasteiger partial charge on any atom is 0.404 e. The highest BCUT2D eigenvalue weighted by molar-refractivity contribution is 7.14. The topological polar surface area (TPSA) is 113 Å². The van der Waals surface area contributed by atoms with Crippen molar-refractivity contribution in [3.63, 3.8) is 0 Å². The van der Waals surface area contributed by atoms with E-state index in [2.05, 4.69) is 6.07 Å². The van der Waals surface area contributed by atoms with Gasteiger partial charge in [0.25, 0.3) is 0 Å². The lowest BCUT2D eigenvalue weighted by molar-refractivity contribution is 0.0703. The molecule has 0 aliphatic carbocycles. The van der Waals surface area contributed by atoms with Crippen LogP contribution in [0.5, 0.6) is 0 Å². The first kappa shape index (κ1) is 20.1. The van der Waals surface area contributed by atoms with Crippen LogP contribution in [0.1, 0.15) is 32.6 Å². The summed E-state index contributed by atoms with van der Waals surface area (Å²) in [5.74, 6) is -1.03. The third-order valence-corrected chi connectivity index (χ3v) is 5.77. The number of hydrogen-bond donors (Lipinski definition) is 2. The van der Waals surface area contributed by atoms with Gasteiger partial charge in [-0.05, 0) is 28.7 Å². The Balaban J connectivity index is 1.92. The lowest BCUT2D eigenvalue weighted by Gasteiger charge is -2.07. The van der Waals surface area contributed by atoms with Crippen LogP contribution >= 0.6 is 11.3 Å². The molecule has 0 fully saturated rings.